The van der Waals surface area contributed by atoms with Gasteiger partial charge in [0.25, 0.3) is 5.91 Å². The molecule has 0 aliphatic carbocycles. The number of hydrogen-bond donors (Lipinski definition) is 1. The number of nitrogens with one attached hydrogen (secondary N) is 1. The lowest BCUT2D eigenvalue weighted by molar-refractivity contribution is 0.0946. The molecule has 1 heterocycles. The van der Waals surface area contributed by atoms with Crippen molar-refractivity contribution in [3.63, 3.8) is 0 Å². The van der Waals surface area contributed by atoms with E-state index >= 15 is 0 Å². The van der Waals surface area contributed by atoms with Crippen LogP contribution in [0.5, 0.6) is 17.2 Å². The first-order valence-electron chi connectivity index (χ1n) is 10.6. The molecule has 0 atom stereocenters. The lowest BCUT2D eigenvalue weighted by atomic mass is 10.0. The first-order valence-corrected chi connectivity index (χ1v) is 10.6. The average molecular weight is 447 g/mol. The fourth-order valence-electron chi connectivity index (χ4n) is 3.66. The Kier molecular flexibility index (Phi) is 6.49. The van der Waals surface area contributed by atoms with E-state index in [1.165, 1.54) is 0 Å². The molecule has 7 heteroatoms. The number of aromatic nitrogens is 1. The molecule has 170 valence electrons. The van der Waals surface area contributed by atoms with Crippen LogP contribution in [0.25, 0.3) is 10.8 Å². The summed E-state index contributed by atoms with van der Waals surface area (Å²) < 4.78 is 22.0. The van der Waals surface area contributed by atoms with Crippen LogP contribution in [0.15, 0.2) is 59.1 Å². The Morgan fingerprint density at radius 1 is 0.970 bits per heavy atom. The molecule has 0 fully saturated rings. The minimum Gasteiger partial charge on any atom is -0.497 e. The highest BCUT2D eigenvalue weighted by Gasteiger charge is 2.17. The third-order valence-electron chi connectivity index (χ3n) is 5.57. The van der Waals surface area contributed by atoms with Crippen molar-refractivity contribution in [2.75, 3.05) is 14.2 Å². The van der Waals surface area contributed by atoms with Crippen molar-refractivity contribution in [1.29, 1.82) is 0 Å². The monoisotopic (exact) mass is 446 g/mol. The highest BCUT2D eigenvalue weighted by atomic mass is 16.5. The molecule has 1 N–H and O–H groups in total. The molecule has 1 aromatic heterocycles. The van der Waals surface area contributed by atoms with E-state index in [1.807, 2.05) is 68.4 Å². The summed E-state index contributed by atoms with van der Waals surface area (Å²) in [5.74, 6) is 2.30. The predicted molar refractivity (Wildman–Crippen MR) is 125 cm³/mol. The maximum atomic E-state index is 13.2. The van der Waals surface area contributed by atoms with E-state index in [2.05, 4.69) is 10.5 Å². The molecular weight excluding hydrogens is 420 g/mol. The maximum Gasteiger partial charge on any atom is 0.255 e. The summed E-state index contributed by atoms with van der Waals surface area (Å²) in [6, 6.07) is 17.0. The van der Waals surface area contributed by atoms with Crippen molar-refractivity contribution in [3.05, 3.63) is 82.7 Å². The molecule has 0 aliphatic rings. The molecule has 4 rings (SSSR count). The molecule has 33 heavy (non-hydrogen) atoms. The fourth-order valence-corrected chi connectivity index (χ4v) is 3.66. The van der Waals surface area contributed by atoms with Gasteiger partial charge in [-0.1, -0.05) is 29.4 Å². The van der Waals surface area contributed by atoms with Gasteiger partial charge in [0.2, 0.25) is 0 Å². The third-order valence-corrected chi connectivity index (χ3v) is 5.57. The number of aryl methyl sites for hydroxylation is 2. The Morgan fingerprint density at radius 3 is 2.39 bits per heavy atom. The van der Waals surface area contributed by atoms with Gasteiger partial charge in [-0.25, -0.2) is 0 Å². The molecule has 0 saturated carbocycles. The standard InChI is InChI=1S/C26H26N2O5/c1-16-23(17(2)33-28-16)15-32-25-13-19-8-6-5-7-18(19)12-22(25)26(29)27-14-20-11-21(30-3)9-10-24(20)31-4/h5-13H,14-15H2,1-4H3,(H,27,29). The Morgan fingerprint density at radius 2 is 1.73 bits per heavy atom. The smallest absolute Gasteiger partial charge is 0.255 e. The third kappa shape index (κ3) is 4.77. The van der Waals surface area contributed by atoms with Crippen molar-refractivity contribution in [2.45, 2.75) is 27.0 Å². The first kappa shape index (κ1) is 22.2. The molecule has 0 bridgehead atoms. The molecule has 0 aliphatic heterocycles. The molecule has 1 amide bonds. The number of carbonyl (C=O) groups excluding carboxylic acids is 1. The minimum absolute atomic E-state index is 0.251. The van der Waals surface area contributed by atoms with Gasteiger partial charge in [0.05, 0.1) is 31.0 Å². The summed E-state index contributed by atoms with van der Waals surface area (Å²) in [4.78, 5) is 13.2. The summed E-state index contributed by atoms with van der Waals surface area (Å²) in [7, 11) is 3.19. The van der Waals surface area contributed by atoms with Crippen LogP contribution in [0.2, 0.25) is 0 Å². The fraction of sp³-hybridized carbons (Fsp3) is 0.231. The zero-order valence-electron chi connectivity index (χ0n) is 19.1. The number of fused-ring (bicyclic) bond motifs is 1. The first-order chi connectivity index (χ1) is 16.0. The quantitative estimate of drug-likeness (QED) is 0.411. The minimum atomic E-state index is -0.251. The van der Waals surface area contributed by atoms with Crippen LogP contribution < -0.4 is 19.5 Å². The van der Waals surface area contributed by atoms with E-state index in [4.69, 9.17) is 18.7 Å². The normalized spacial score (nSPS) is 10.8. The molecule has 7 nitrogen and oxygen atoms in total. The van der Waals surface area contributed by atoms with E-state index in [1.54, 1.807) is 14.2 Å². The molecule has 0 spiro atoms. The van der Waals surface area contributed by atoms with Crippen LogP contribution >= 0.6 is 0 Å². The lowest BCUT2D eigenvalue weighted by Crippen LogP contribution is -2.24. The van der Waals surface area contributed by atoms with Crippen molar-refractivity contribution < 1.29 is 23.5 Å². The van der Waals surface area contributed by atoms with E-state index in [-0.39, 0.29) is 19.1 Å². The Balaban J connectivity index is 1.61. The summed E-state index contributed by atoms with van der Waals surface area (Å²) in [6.07, 6.45) is 0. The van der Waals surface area contributed by atoms with Crippen LogP contribution in [-0.4, -0.2) is 25.3 Å². The summed E-state index contributed by atoms with van der Waals surface area (Å²) >= 11 is 0. The Bertz CT molecular complexity index is 1280. The van der Waals surface area contributed by atoms with Crippen LogP contribution in [-0.2, 0) is 13.2 Å². The summed E-state index contributed by atoms with van der Waals surface area (Å²) in [5.41, 5.74) is 2.89. The van der Waals surface area contributed by atoms with Gasteiger partial charge in [-0.15, -0.1) is 0 Å². The van der Waals surface area contributed by atoms with Crippen molar-refractivity contribution >= 4 is 16.7 Å². The summed E-state index contributed by atoms with van der Waals surface area (Å²) in [6.45, 7) is 4.23. The number of amides is 1. The van der Waals surface area contributed by atoms with Crippen LogP contribution in [0.4, 0.5) is 0 Å². The lowest BCUT2D eigenvalue weighted by Gasteiger charge is -2.15. The molecule has 0 saturated heterocycles. The largest absolute Gasteiger partial charge is 0.497 e. The van der Waals surface area contributed by atoms with Gasteiger partial charge < -0.3 is 24.1 Å². The number of hydrogen-bond acceptors (Lipinski definition) is 6. The van der Waals surface area contributed by atoms with E-state index in [0.717, 1.165) is 27.6 Å². The highest BCUT2D eigenvalue weighted by molar-refractivity contribution is 6.01. The van der Waals surface area contributed by atoms with Gasteiger partial charge in [0, 0.05) is 12.1 Å². The molecule has 4 aromatic rings. The van der Waals surface area contributed by atoms with Crippen molar-refractivity contribution in [1.82, 2.24) is 10.5 Å². The zero-order valence-corrected chi connectivity index (χ0v) is 19.1. The molecule has 0 radical (unpaired) electrons. The van der Waals surface area contributed by atoms with Crippen LogP contribution in [0.3, 0.4) is 0 Å². The number of rotatable bonds is 8. The number of methoxy groups -OCH3 is 2. The number of benzene rings is 3. The van der Waals surface area contributed by atoms with E-state index in [0.29, 0.717) is 28.6 Å². The topological polar surface area (TPSA) is 82.8 Å². The van der Waals surface area contributed by atoms with Crippen LogP contribution in [0.1, 0.15) is 32.9 Å². The van der Waals surface area contributed by atoms with Gasteiger partial charge in [-0.2, -0.15) is 0 Å². The maximum absolute atomic E-state index is 13.2. The van der Waals surface area contributed by atoms with Gasteiger partial charge >= 0.3 is 0 Å². The van der Waals surface area contributed by atoms with Crippen LogP contribution in [0, 0.1) is 13.8 Å². The molecular formula is C26H26N2O5. The number of nitrogens with zero attached hydrogens (tertiary/aromatic N) is 1. The molecule has 3 aromatic carbocycles. The summed E-state index contributed by atoms with van der Waals surface area (Å²) in [5, 5.41) is 8.88. The SMILES string of the molecule is COc1ccc(OC)c(CNC(=O)c2cc3ccccc3cc2OCc2c(C)noc2C)c1. The molecule has 0 unspecified atom stereocenters. The van der Waals surface area contributed by atoms with Gasteiger partial charge in [-0.3, -0.25) is 4.79 Å². The van der Waals surface area contributed by atoms with Gasteiger partial charge in [-0.05, 0) is 55.0 Å². The Labute approximate surface area is 192 Å². The Hall–Kier alpha value is -4.00. The van der Waals surface area contributed by atoms with Crippen molar-refractivity contribution in [2.24, 2.45) is 0 Å². The predicted octanol–water partition coefficient (Wildman–Crippen LogP) is 4.97. The second-order valence-corrected chi connectivity index (χ2v) is 7.65. The highest BCUT2D eigenvalue weighted by Crippen LogP contribution is 2.29. The van der Waals surface area contributed by atoms with Gasteiger partial charge in [0.1, 0.15) is 29.6 Å². The number of ether oxygens (including phenoxy) is 3. The number of carbonyl (C=O) groups is 1. The zero-order chi connectivity index (χ0) is 23.4. The van der Waals surface area contributed by atoms with Gasteiger partial charge in [0.15, 0.2) is 0 Å². The second kappa shape index (κ2) is 9.65. The van der Waals surface area contributed by atoms with Crippen molar-refractivity contribution in [3.8, 4) is 17.2 Å². The average Bonchev–Trinajstić information content (AvgIpc) is 3.17. The second-order valence-electron chi connectivity index (χ2n) is 7.65. The van der Waals surface area contributed by atoms with E-state index < -0.39 is 0 Å². The van der Waals surface area contributed by atoms with E-state index in [9.17, 15) is 4.79 Å².